The predicted molar refractivity (Wildman–Crippen MR) is 77.3 cm³/mol. The molecule has 21 heavy (non-hydrogen) atoms. The molecular weight excluding hydrogens is 294 g/mol. The second-order valence-electron chi connectivity index (χ2n) is 4.72. The maximum Gasteiger partial charge on any atom is 0.271 e. The Morgan fingerprint density at radius 2 is 1.95 bits per heavy atom. The number of nitro groups is 1. The molecule has 0 aromatic heterocycles. The standard InChI is InChI=1S/C15H10ClNO4/c16-13-7-10(17(19)20)3-6-15(13)21-11-4-1-9-2-5-14(18)12(9)8-11/h1,3-4,6-8H,2,5H2. The molecule has 0 heterocycles. The molecule has 0 saturated carbocycles. The first-order chi connectivity index (χ1) is 10.0. The molecule has 0 amide bonds. The van der Waals surface area contributed by atoms with Gasteiger partial charge in [-0.25, -0.2) is 0 Å². The first-order valence-corrected chi connectivity index (χ1v) is 6.70. The van der Waals surface area contributed by atoms with Gasteiger partial charge in [-0.05, 0) is 30.2 Å². The Hall–Kier alpha value is -2.40. The number of hydrogen-bond donors (Lipinski definition) is 0. The zero-order valence-corrected chi connectivity index (χ0v) is 11.6. The van der Waals surface area contributed by atoms with Gasteiger partial charge in [0.25, 0.3) is 5.69 Å². The van der Waals surface area contributed by atoms with Gasteiger partial charge in [0.1, 0.15) is 11.5 Å². The van der Waals surface area contributed by atoms with Gasteiger partial charge in [-0.3, -0.25) is 14.9 Å². The van der Waals surface area contributed by atoms with Crippen LogP contribution in [0.3, 0.4) is 0 Å². The van der Waals surface area contributed by atoms with Crippen molar-refractivity contribution >= 4 is 23.1 Å². The number of non-ortho nitro benzene ring substituents is 1. The van der Waals surface area contributed by atoms with Crippen LogP contribution >= 0.6 is 11.6 Å². The van der Waals surface area contributed by atoms with Crippen molar-refractivity contribution in [3.05, 3.63) is 62.7 Å². The smallest absolute Gasteiger partial charge is 0.271 e. The summed E-state index contributed by atoms with van der Waals surface area (Å²) in [5, 5.41) is 10.8. The maximum absolute atomic E-state index is 11.7. The number of benzene rings is 2. The summed E-state index contributed by atoms with van der Waals surface area (Å²) in [7, 11) is 0. The van der Waals surface area contributed by atoms with Gasteiger partial charge in [0.2, 0.25) is 0 Å². The molecule has 2 aromatic rings. The van der Waals surface area contributed by atoms with Crippen LogP contribution in [-0.4, -0.2) is 10.7 Å². The van der Waals surface area contributed by atoms with Crippen molar-refractivity contribution in [2.45, 2.75) is 12.8 Å². The van der Waals surface area contributed by atoms with E-state index in [4.69, 9.17) is 16.3 Å². The average Bonchev–Trinajstić information content (AvgIpc) is 2.82. The lowest BCUT2D eigenvalue weighted by atomic mass is 10.1. The number of halogens is 1. The molecule has 1 aliphatic rings. The van der Waals surface area contributed by atoms with Crippen LogP contribution in [0.25, 0.3) is 0 Å². The minimum atomic E-state index is -0.524. The van der Waals surface area contributed by atoms with Crippen molar-refractivity contribution in [2.24, 2.45) is 0 Å². The zero-order chi connectivity index (χ0) is 15.0. The molecule has 0 aliphatic heterocycles. The molecule has 0 N–H and O–H groups in total. The number of fused-ring (bicyclic) bond motifs is 1. The minimum absolute atomic E-state index is 0.100. The molecule has 0 unspecified atom stereocenters. The first kappa shape index (κ1) is 13.6. The highest BCUT2D eigenvalue weighted by atomic mass is 35.5. The predicted octanol–water partition coefficient (Wildman–Crippen LogP) is 4.17. The van der Waals surface area contributed by atoms with Crippen LogP contribution < -0.4 is 4.74 Å². The fourth-order valence-electron chi connectivity index (χ4n) is 2.29. The fraction of sp³-hybridized carbons (Fsp3) is 0.133. The average molecular weight is 304 g/mol. The molecule has 0 spiro atoms. The highest BCUT2D eigenvalue weighted by Gasteiger charge is 2.20. The summed E-state index contributed by atoms with van der Waals surface area (Å²) in [5.74, 6) is 0.901. The largest absolute Gasteiger partial charge is 0.456 e. The number of hydrogen-bond acceptors (Lipinski definition) is 4. The van der Waals surface area contributed by atoms with E-state index in [0.29, 0.717) is 23.5 Å². The second kappa shape index (κ2) is 5.18. The molecule has 0 radical (unpaired) electrons. The number of nitrogens with zero attached hydrogens (tertiary/aromatic N) is 1. The Balaban J connectivity index is 1.89. The van der Waals surface area contributed by atoms with Crippen LogP contribution in [0.4, 0.5) is 5.69 Å². The van der Waals surface area contributed by atoms with E-state index in [1.54, 1.807) is 12.1 Å². The van der Waals surface area contributed by atoms with Crippen LogP contribution in [-0.2, 0) is 6.42 Å². The topological polar surface area (TPSA) is 69.4 Å². The summed E-state index contributed by atoms with van der Waals surface area (Å²) >= 11 is 5.97. The second-order valence-corrected chi connectivity index (χ2v) is 5.12. The third-order valence-corrected chi connectivity index (χ3v) is 3.65. The highest BCUT2D eigenvalue weighted by molar-refractivity contribution is 6.32. The van der Waals surface area contributed by atoms with E-state index >= 15 is 0 Å². The molecule has 0 bridgehead atoms. The Morgan fingerprint density at radius 1 is 1.14 bits per heavy atom. The normalized spacial score (nSPS) is 13.1. The van der Waals surface area contributed by atoms with Crippen molar-refractivity contribution in [2.75, 3.05) is 0 Å². The molecule has 3 rings (SSSR count). The number of rotatable bonds is 3. The van der Waals surface area contributed by atoms with Crippen molar-refractivity contribution in [3.8, 4) is 11.5 Å². The number of carbonyl (C=O) groups excluding carboxylic acids is 1. The number of Topliss-reactive ketones (excluding diaryl/α,β-unsaturated/α-hetero) is 1. The Bertz CT molecular complexity index is 757. The third-order valence-electron chi connectivity index (χ3n) is 3.36. The van der Waals surface area contributed by atoms with Gasteiger partial charge in [0, 0.05) is 24.1 Å². The highest BCUT2D eigenvalue weighted by Crippen LogP contribution is 2.34. The van der Waals surface area contributed by atoms with Gasteiger partial charge >= 0.3 is 0 Å². The van der Waals surface area contributed by atoms with Gasteiger partial charge in [-0.2, -0.15) is 0 Å². The first-order valence-electron chi connectivity index (χ1n) is 6.32. The van der Waals surface area contributed by atoms with Crippen molar-refractivity contribution in [3.63, 3.8) is 0 Å². The van der Waals surface area contributed by atoms with Crippen LogP contribution in [0.5, 0.6) is 11.5 Å². The molecule has 0 atom stereocenters. The lowest BCUT2D eigenvalue weighted by Gasteiger charge is -2.08. The Labute approximate surface area is 125 Å². The Kier molecular flexibility index (Phi) is 3.35. The summed E-state index contributed by atoms with van der Waals surface area (Å²) < 4.78 is 5.61. The number of ether oxygens (including phenoxy) is 1. The van der Waals surface area contributed by atoms with Crippen molar-refractivity contribution in [1.82, 2.24) is 0 Å². The van der Waals surface area contributed by atoms with E-state index in [2.05, 4.69) is 0 Å². The van der Waals surface area contributed by atoms with Crippen LogP contribution in [0, 0.1) is 10.1 Å². The molecule has 0 fully saturated rings. The summed E-state index contributed by atoms with van der Waals surface area (Å²) in [4.78, 5) is 21.8. The van der Waals surface area contributed by atoms with Gasteiger partial charge in [-0.15, -0.1) is 0 Å². The number of carbonyl (C=O) groups is 1. The lowest BCUT2D eigenvalue weighted by molar-refractivity contribution is -0.384. The summed E-state index contributed by atoms with van der Waals surface area (Å²) in [6, 6.07) is 9.29. The molecule has 5 nitrogen and oxygen atoms in total. The van der Waals surface area contributed by atoms with Crippen molar-refractivity contribution < 1.29 is 14.5 Å². The van der Waals surface area contributed by atoms with Crippen LogP contribution in [0.15, 0.2) is 36.4 Å². The monoisotopic (exact) mass is 303 g/mol. The Morgan fingerprint density at radius 3 is 2.67 bits per heavy atom. The quantitative estimate of drug-likeness (QED) is 0.630. The van der Waals surface area contributed by atoms with Gasteiger partial charge < -0.3 is 4.74 Å². The molecule has 0 saturated heterocycles. The fourth-order valence-corrected chi connectivity index (χ4v) is 2.51. The lowest BCUT2D eigenvalue weighted by Crippen LogP contribution is -1.93. The molecule has 6 heteroatoms. The molecule has 2 aromatic carbocycles. The van der Waals surface area contributed by atoms with E-state index < -0.39 is 4.92 Å². The van der Waals surface area contributed by atoms with Gasteiger partial charge in [0.05, 0.1) is 9.95 Å². The van der Waals surface area contributed by atoms with Crippen molar-refractivity contribution in [1.29, 1.82) is 0 Å². The SMILES string of the molecule is O=C1CCc2ccc(Oc3ccc([N+](=O)[O-])cc3Cl)cc21. The van der Waals surface area contributed by atoms with E-state index in [1.165, 1.54) is 18.2 Å². The van der Waals surface area contributed by atoms with Crippen LogP contribution in [0.2, 0.25) is 5.02 Å². The van der Waals surface area contributed by atoms with Gasteiger partial charge in [-0.1, -0.05) is 17.7 Å². The number of aryl methyl sites for hydroxylation is 1. The number of nitro benzene ring substituents is 1. The molecule has 106 valence electrons. The summed E-state index contributed by atoms with van der Waals surface area (Å²) in [6.07, 6.45) is 1.28. The summed E-state index contributed by atoms with van der Waals surface area (Å²) in [5.41, 5.74) is 1.59. The van der Waals surface area contributed by atoms with E-state index in [0.717, 1.165) is 12.0 Å². The summed E-state index contributed by atoms with van der Waals surface area (Å²) in [6.45, 7) is 0. The van der Waals surface area contributed by atoms with Gasteiger partial charge in [0.15, 0.2) is 5.78 Å². The van der Waals surface area contributed by atoms with E-state index in [-0.39, 0.29) is 16.5 Å². The van der Waals surface area contributed by atoms with Crippen LogP contribution in [0.1, 0.15) is 22.3 Å². The zero-order valence-electron chi connectivity index (χ0n) is 10.8. The van der Waals surface area contributed by atoms with E-state index in [9.17, 15) is 14.9 Å². The minimum Gasteiger partial charge on any atom is -0.456 e. The molecule has 1 aliphatic carbocycles. The van der Waals surface area contributed by atoms with E-state index in [1.807, 2.05) is 6.07 Å². The third kappa shape index (κ3) is 2.60. The number of ketones is 1. The maximum atomic E-state index is 11.7. The molecular formula is C15H10ClNO4.